The zero-order valence-corrected chi connectivity index (χ0v) is 13.9. The molecule has 1 aliphatic carbocycles. The summed E-state index contributed by atoms with van der Waals surface area (Å²) in [6.07, 6.45) is 9.90. The molecule has 1 unspecified atom stereocenters. The van der Waals surface area contributed by atoms with Gasteiger partial charge in [-0.1, -0.05) is 78.9 Å². The average molecular weight is 321 g/mol. The van der Waals surface area contributed by atoms with Gasteiger partial charge in [0.1, 0.15) is 0 Å². The average Bonchev–Trinajstić information content (AvgIpc) is 3.06. The van der Waals surface area contributed by atoms with Crippen LogP contribution in [0.1, 0.15) is 17.9 Å². The molecule has 1 N–H and O–H groups in total. The first-order valence-electron chi connectivity index (χ1n) is 8.83. The molecular formula is C24H19N. The van der Waals surface area contributed by atoms with E-state index in [-0.39, 0.29) is 0 Å². The van der Waals surface area contributed by atoms with Crippen LogP contribution < -0.4 is 0 Å². The molecule has 1 aliphatic rings. The van der Waals surface area contributed by atoms with Gasteiger partial charge < -0.3 is 4.98 Å². The van der Waals surface area contributed by atoms with Crippen molar-refractivity contribution in [3.8, 4) is 11.1 Å². The molecule has 0 saturated carbocycles. The number of fused-ring (bicyclic) bond motifs is 3. The lowest BCUT2D eigenvalue weighted by Gasteiger charge is -2.14. The van der Waals surface area contributed by atoms with Gasteiger partial charge in [0.25, 0.3) is 0 Å². The highest BCUT2D eigenvalue weighted by Crippen LogP contribution is 2.32. The predicted molar refractivity (Wildman–Crippen MR) is 107 cm³/mol. The second-order valence-electron chi connectivity index (χ2n) is 6.71. The van der Waals surface area contributed by atoms with Crippen LogP contribution in [0.4, 0.5) is 0 Å². The largest absolute Gasteiger partial charge is 0.354 e. The van der Waals surface area contributed by atoms with Gasteiger partial charge in [-0.15, -0.1) is 0 Å². The van der Waals surface area contributed by atoms with Gasteiger partial charge in [-0.2, -0.15) is 0 Å². The zero-order valence-electron chi connectivity index (χ0n) is 13.9. The van der Waals surface area contributed by atoms with E-state index in [1.165, 1.54) is 38.5 Å². The van der Waals surface area contributed by atoms with E-state index in [1.807, 2.05) is 0 Å². The molecule has 0 saturated heterocycles. The van der Waals surface area contributed by atoms with Crippen LogP contribution in [0.2, 0.25) is 0 Å². The predicted octanol–water partition coefficient (Wildman–Crippen LogP) is 6.59. The van der Waals surface area contributed by atoms with Crippen molar-refractivity contribution in [2.24, 2.45) is 0 Å². The minimum absolute atomic E-state index is 0.488. The number of H-pyrrole nitrogens is 1. The highest BCUT2D eigenvalue weighted by atomic mass is 14.7. The lowest BCUT2D eigenvalue weighted by molar-refractivity contribution is 0.854. The van der Waals surface area contributed by atoms with E-state index in [0.29, 0.717) is 5.92 Å². The smallest absolute Gasteiger partial charge is 0.0471 e. The number of nitrogens with one attached hydrogen (secondary N) is 1. The summed E-state index contributed by atoms with van der Waals surface area (Å²) in [5.41, 5.74) is 6.32. The van der Waals surface area contributed by atoms with Crippen molar-refractivity contribution in [1.29, 1.82) is 0 Å². The fraction of sp³-hybridized carbons (Fsp3) is 0.0833. The Labute approximate surface area is 147 Å². The number of rotatable bonds is 2. The van der Waals surface area contributed by atoms with Crippen molar-refractivity contribution >= 4 is 21.8 Å². The normalized spacial score (nSPS) is 16.7. The monoisotopic (exact) mass is 321 g/mol. The molecule has 1 nitrogen and oxygen atoms in total. The van der Waals surface area contributed by atoms with Crippen LogP contribution in [0, 0.1) is 0 Å². The number of hydrogen-bond acceptors (Lipinski definition) is 0. The topological polar surface area (TPSA) is 15.8 Å². The maximum atomic E-state index is 3.55. The Morgan fingerprint density at radius 1 is 0.720 bits per heavy atom. The Hall–Kier alpha value is -3.06. The highest BCUT2D eigenvalue weighted by molar-refractivity contribution is 6.08. The summed E-state index contributed by atoms with van der Waals surface area (Å²) in [6, 6.07) is 24.2. The molecule has 1 atom stereocenters. The van der Waals surface area contributed by atoms with Crippen LogP contribution in [-0.4, -0.2) is 4.98 Å². The summed E-state index contributed by atoms with van der Waals surface area (Å²) in [7, 11) is 0. The third-order valence-electron chi connectivity index (χ3n) is 5.13. The van der Waals surface area contributed by atoms with Crippen molar-refractivity contribution in [2.75, 3.05) is 0 Å². The Morgan fingerprint density at radius 3 is 2.52 bits per heavy atom. The molecule has 0 fully saturated rings. The summed E-state index contributed by atoms with van der Waals surface area (Å²) >= 11 is 0. The standard InChI is InChI=1S/C24H19N/c1-2-7-17(8-3-1)18-9-6-10-19(15-18)20-13-14-22-21-11-4-5-12-23(21)25-24(22)16-20/h1-7,9-17,25H,8H2. The van der Waals surface area contributed by atoms with Crippen molar-refractivity contribution < 1.29 is 0 Å². The lowest BCUT2D eigenvalue weighted by atomic mass is 9.90. The summed E-state index contributed by atoms with van der Waals surface area (Å²) in [4.78, 5) is 3.55. The van der Waals surface area contributed by atoms with E-state index in [1.54, 1.807) is 0 Å². The van der Waals surface area contributed by atoms with E-state index in [0.717, 1.165) is 6.42 Å². The number of hydrogen-bond donors (Lipinski definition) is 1. The van der Waals surface area contributed by atoms with Gasteiger partial charge >= 0.3 is 0 Å². The highest BCUT2D eigenvalue weighted by Gasteiger charge is 2.10. The lowest BCUT2D eigenvalue weighted by Crippen LogP contribution is -1.96. The summed E-state index contributed by atoms with van der Waals surface area (Å²) < 4.78 is 0. The number of aromatic amines is 1. The summed E-state index contributed by atoms with van der Waals surface area (Å²) in [5.74, 6) is 0.488. The number of para-hydroxylation sites is 1. The molecule has 0 aliphatic heterocycles. The van der Waals surface area contributed by atoms with E-state index in [9.17, 15) is 0 Å². The summed E-state index contributed by atoms with van der Waals surface area (Å²) in [5, 5.41) is 2.58. The van der Waals surface area contributed by atoms with Gasteiger partial charge in [-0.05, 0) is 35.2 Å². The molecule has 0 bridgehead atoms. The molecule has 4 aromatic rings. The minimum Gasteiger partial charge on any atom is -0.354 e. The van der Waals surface area contributed by atoms with Crippen molar-refractivity contribution in [3.05, 3.63) is 96.6 Å². The molecule has 1 heteroatoms. The molecule has 0 spiro atoms. The van der Waals surface area contributed by atoms with Gasteiger partial charge in [0, 0.05) is 27.7 Å². The molecular weight excluding hydrogens is 302 g/mol. The Kier molecular flexibility index (Phi) is 3.31. The Balaban J connectivity index is 1.59. The fourth-order valence-corrected chi connectivity index (χ4v) is 3.81. The Morgan fingerprint density at radius 2 is 1.60 bits per heavy atom. The van der Waals surface area contributed by atoms with Crippen LogP contribution in [0.3, 0.4) is 0 Å². The SMILES string of the molecule is C1=CCC(c2cccc(-c3ccc4c(c3)[nH]c3ccccc34)c2)C=C1. The van der Waals surface area contributed by atoms with Gasteiger partial charge in [-0.3, -0.25) is 0 Å². The Bertz CT molecular complexity index is 1130. The zero-order chi connectivity index (χ0) is 16.6. The van der Waals surface area contributed by atoms with Crippen molar-refractivity contribution in [1.82, 2.24) is 4.98 Å². The van der Waals surface area contributed by atoms with Crippen LogP contribution in [0.25, 0.3) is 32.9 Å². The molecule has 0 amide bonds. The van der Waals surface area contributed by atoms with Crippen molar-refractivity contribution in [3.63, 3.8) is 0 Å². The number of allylic oxidation sites excluding steroid dienone is 4. The van der Waals surface area contributed by atoms with Gasteiger partial charge in [-0.25, -0.2) is 0 Å². The van der Waals surface area contributed by atoms with Gasteiger partial charge in [0.15, 0.2) is 0 Å². The van der Waals surface area contributed by atoms with E-state index in [2.05, 4.69) is 96.0 Å². The van der Waals surface area contributed by atoms with Crippen LogP contribution >= 0.6 is 0 Å². The summed E-state index contributed by atoms with van der Waals surface area (Å²) in [6.45, 7) is 0. The van der Waals surface area contributed by atoms with Crippen LogP contribution in [-0.2, 0) is 0 Å². The maximum Gasteiger partial charge on any atom is 0.0471 e. The first-order chi connectivity index (χ1) is 12.4. The van der Waals surface area contributed by atoms with Crippen LogP contribution in [0.15, 0.2) is 91.0 Å². The second-order valence-corrected chi connectivity index (χ2v) is 6.71. The van der Waals surface area contributed by atoms with Crippen molar-refractivity contribution in [2.45, 2.75) is 12.3 Å². The van der Waals surface area contributed by atoms with E-state index >= 15 is 0 Å². The van der Waals surface area contributed by atoms with Gasteiger partial charge in [0.2, 0.25) is 0 Å². The third kappa shape index (κ3) is 2.49. The fourth-order valence-electron chi connectivity index (χ4n) is 3.81. The molecule has 1 heterocycles. The minimum atomic E-state index is 0.488. The quantitative estimate of drug-likeness (QED) is 0.429. The molecule has 25 heavy (non-hydrogen) atoms. The maximum absolute atomic E-state index is 3.55. The third-order valence-corrected chi connectivity index (χ3v) is 5.13. The van der Waals surface area contributed by atoms with E-state index < -0.39 is 0 Å². The van der Waals surface area contributed by atoms with E-state index in [4.69, 9.17) is 0 Å². The molecule has 0 radical (unpaired) electrons. The molecule has 5 rings (SSSR count). The number of benzene rings is 3. The van der Waals surface area contributed by atoms with Gasteiger partial charge in [0.05, 0.1) is 0 Å². The van der Waals surface area contributed by atoms with Crippen LogP contribution in [0.5, 0.6) is 0 Å². The molecule has 3 aromatic carbocycles. The first-order valence-corrected chi connectivity index (χ1v) is 8.83. The molecule has 1 aromatic heterocycles. The molecule has 120 valence electrons. The second kappa shape index (κ2) is 5.78. The number of aromatic nitrogens is 1. The first kappa shape index (κ1) is 14.3.